The van der Waals surface area contributed by atoms with Crippen LogP contribution in [0.3, 0.4) is 0 Å². The van der Waals surface area contributed by atoms with Gasteiger partial charge in [0.1, 0.15) is 5.75 Å². The van der Waals surface area contributed by atoms with E-state index in [1.807, 2.05) is 60.7 Å². The van der Waals surface area contributed by atoms with Gasteiger partial charge < -0.3 is 15.6 Å². The Bertz CT molecular complexity index is 630. The van der Waals surface area contributed by atoms with Gasteiger partial charge in [-0.3, -0.25) is 4.79 Å². The first-order chi connectivity index (χ1) is 10.6. The molecular weight excluding hydrogens is 278 g/mol. The van der Waals surface area contributed by atoms with Crippen LogP contribution in [0.2, 0.25) is 0 Å². The molecule has 0 unspecified atom stereocenters. The monoisotopic (exact) mass is 297 g/mol. The van der Waals surface area contributed by atoms with Crippen LogP contribution in [0, 0.1) is 0 Å². The van der Waals surface area contributed by atoms with Gasteiger partial charge in [-0.2, -0.15) is 0 Å². The van der Waals surface area contributed by atoms with E-state index in [4.69, 9.17) is 15.6 Å². The summed E-state index contributed by atoms with van der Waals surface area (Å²) in [5.74, 6) is -0.0539. The number of rotatable bonds is 7. The van der Waals surface area contributed by atoms with Crippen molar-refractivity contribution in [3.8, 4) is 5.75 Å². The molecule has 0 radical (unpaired) electrons. The zero-order valence-corrected chi connectivity index (χ0v) is 12.2. The van der Waals surface area contributed by atoms with Gasteiger partial charge in [-0.15, -0.1) is 0 Å². The normalized spacial score (nSPS) is 10.7. The number of benzene rings is 2. The van der Waals surface area contributed by atoms with Crippen LogP contribution in [0.5, 0.6) is 5.75 Å². The smallest absolute Gasteiger partial charge is 0.303 e. The summed E-state index contributed by atoms with van der Waals surface area (Å²) >= 11 is 0. The van der Waals surface area contributed by atoms with Crippen molar-refractivity contribution in [2.45, 2.75) is 12.8 Å². The largest absolute Gasteiger partial charge is 0.494 e. The number of nitrogen functional groups attached to an aromatic ring is 1. The van der Waals surface area contributed by atoms with Crippen molar-refractivity contribution in [2.75, 3.05) is 12.3 Å². The molecule has 0 aliphatic heterocycles. The lowest BCUT2D eigenvalue weighted by molar-refractivity contribution is -0.137. The first-order valence-corrected chi connectivity index (χ1v) is 7.12. The molecule has 22 heavy (non-hydrogen) atoms. The van der Waals surface area contributed by atoms with Crippen molar-refractivity contribution in [2.24, 2.45) is 0 Å². The molecular formula is C18H19NO3. The second-order valence-electron chi connectivity index (χ2n) is 4.91. The standard InChI is InChI=1S/C18H19NO3/c19-16-9-5-14(6-10-16)3-4-15-7-11-17(12-8-15)22-13-1-2-18(20)21/h3-12H,1-2,13,19H2,(H,20,21)/b4-3+. The summed E-state index contributed by atoms with van der Waals surface area (Å²) in [4.78, 5) is 10.4. The molecule has 114 valence electrons. The van der Waals surface area contributed by atoms with Gasteiger partial charge in [-0.05, 0) is 41.8 Å². The number of nitrogens with two attached hydrogens (primary N) is 1. The second-order valence-corrected chi connectivity index (χ2v) is 4.91. The molecule has 0 bridgehead atoms. The van der Waals surface area contributed by atoms with Gasteiger partial charge in [-0.1, -0.05) is 36.4 Å². The quantitative estimate of drug-likeness (QED) is 0.464. The summed E-state index contributed by atoms with van der Waals surface area (Å²) in [6, 6.07) is 15.3. The fourth-order valence-corrected chi connectivity index (χ4v) is 1.89. The minimum atomic E-state index is -0.799. The van der Waals surface area contributed by atoms with Crippen LogP contribution in [0.25, 0.3) is 12.2 Å². The topological polar surface area (TPSA) is 72.5 Å². The Morgan fingerprint density at radius 2 is 1.55 bits per heavy atom. The molecule has 0 amide bonds. The molecule has 3 N–H and O–H groups in total. The zero-order chi connectivity index (χ0) is 15.8. The summed E-state index contributed by atoms with van der Waals surface area (Å²) in [6.07, 6.45) is 4.67. The number of carboxylic acid groups (broad SMARTS) is 1. The van der Waals surface area contributed by atoms with E-state index in [9.17, 15) is 4.79 Å². The van der Waals surface area contributed by atoms with Gasteiger partial charge in [0.2, 0.25) is 0 Å². The van der Waals surface area contributed by atoms with Crippen LogP contribution in [0.1, 0.15) is 24.0 Å². The van der Waals surface area contributed by atoms with Gasteiger partial charge in [0, 0.05) is 12.1 Å². The molecule has 2 aromatic carbocycles. The van der Waals surface area contributed by atoms with Crippen LogP contribution >= 0.6 is 0 Å². The fourth-order valence-electron chi connectivity index (χ4n) is 1.89. The molecule has 0 heterocycles. The average molecular weight is 297 g/mol. The maximum atomic E-state index is 10.4. The molecule has 0 fully saturated rings. The summed E-state index contributed by atoms with van der Waals surface area (Å²) in [6.45, 7) is 0.410. The third-order valence-electron chi connectivity index (χ3n) is 3.09. The van der Waals surface area contributed by atoms with Crippen molar-refractivity contribution in [1.82, 2.24) is 0 Å². The molecule has 4 nitrogen and oxygen atoms in total. The number of hydrogen-bond donors (Lipinski definition) is 2. The Kier molecular flexibility index (Phi) is 5.60. The highest BCUT2D eigenvalue weighted by molar-refractivity contribution is 5.70. The highest BCUT2D eigenvalue weighted by Crippen LogP contribution is 2.15. The third-order valence-corrected chi connectivity index (χ3v) is 3.09. The van der Waals surface area contributed by atoms with Gasteiger partial charge in [0.25, 0.3) is 0 Å². The average Bonchev–Trinajstić information content (AvgIpc) is 2.52. The van der Waals surface area contributed by atoms with E-state index in [1.165, 1.54) is 0 Å². The highest BCUT2D eigenvalue weighted by atomic mass is 16.5. The van der Waals surface area contributed by atoms with Gasteiger partial charge in [-0.25, -0.2) is 0 Å². The van der Waals surface area contributed by atoms with Crippen molar-refractivity contribution in [3.63, 3.8) is 0 Å². The van der Waals surface area contributed by atoms with Gasteiger partial charge in [0.15, 0.2) is 0 Å². The number of ether oxygens (including phenoxy) is 1. The maximum Gasteiger partial charge on any atom is 0.303 e. The van der Waals surface area contributed by atoms with Crippen molar-refractivity contribution >= 4 is 23.8 Å². The third kappa shape index (κ3) is 5.32. The Hall–Kier alpha value is -2.75. The molecule has 2 rings (SSSR count). The minimum Gasteiger partial charge on any atom is -0.494 e. The molecule has 0 saturated heterocycles. The first-order valence-electron chi connectivity index (χ1n) is 7.12. The Morgan fingerprint density at radius 1 is 1.00 bits per heavy atom. The van der Waals surface area contributed by atoms with Gasteiger partial charge >= 0.3 is 5.97 Å². The van der Waals surface area contributed by atoms with E-state index < -0.39 is 5.97 Å². The Morgan fingerprint density at radius 3 is 2.09 bits per heavy atom. The predicted molar refractivity (Wildman–Crippen MR) is 88.6 cm³/mol. The van der Waals surface area contributed by atoms with Crippen LogP contribution in [-0.4, -0.2) is 17.7 Å². The van der Waals surface area contributed by atoms with E-state index in [-0.39, 0.29) is 6.42 Å². The Labute approximate surface area is 129 Å². The summed E-state index contributed by atoms with van der Waals surface area (Å²) < 4.78 is 5.49. The SMILES string of the molecule is Nc1ccc(/C=C/c2ccc(OCCCC(=O)O)cc2)cc1. The van der Waals surface area contributed by atoms with Crippen LogP contribution < -0.4 is 10.5 Å². The maximum absolute atomic E-state index is 10.4. The number of carbonyl (C=O) groups is 1. The lowest BCUT2D eigenvalue weighted by atomic mass is 10.1. The predicted octanol–water partition coefficient (Wildman–Crippen LogP) is 3.68. The second kappa shape index (κ2) is 7.88. The van der Waals surface area contributed by atoms with E-state index >= 15 is 0 Å². The summed E-state index contributed by atoms with van der Waals surface area (Å²) in [5, 5.41) is 8.55. The molecule has 0 aliphatic carbocycles. The number of hydrogen-bond acceptors (Lipinski definition) is 3. The van der Waals surface area contributed by atoms with Crippen molar-refractivity contribution in [3.05, 3.63) is 59.7 Å². The molecule has 0 saturated carbocycles. The molecule has 4 heteroatoms. The van der Waals surface area contributed by atoms with Gasteiger partial charge in [0.05, 0.1) is 6.61 Å². The molecule has 0 aromatic heterocycles. The van der Waals surface area contributed by atoms with Crippen molar-refractivity contribution < 1.29 is 14.6 Å². The lowest BCUT2D eigenvalue weighted by Crippen LogP contribution is -2.01. The summed E-state index contributed by atoms with van der Waals surface area (Å²) in [5.41, 5.74) is 8.55. The first kappa shape index (κ1) is 15.6. The zero-order valence-electron chi connectivity index (χ0n) is 12.2. The molecule has 0 spiro atoms. The van der Waals surface area contributed by atoms with Crippen LogP contribution in [0.15, 0.2) is 48.5 Å². The summed E-state index contributed by atoms with van der Waals surface area (Å²) in [7, 11) is 0. The minimum absolute atomic E-state index is 0.127. The Balaban J connectivity index is 1.86. The number of carboxylic acids is 1. The van der Waals surface area contributed by atoms with Crippen LogP contribution in [-0.2, 0) is 4.79 Å². The van der Waals surface area contributed by atoms with Crippen LogP contribution in [0.4, 0.5) is 5.69 Å². The van der Waals surface area contributed by atoms with E-state index in [0.29, 0.717) is 13.0 Å². The fraction of sp³-hybridized carbons (Fsp3) is 0.167. The molecule has 2 aromatic rings. The van der Waals surface area contributed by atoms with Crippen molar-refractivity contribution in [1.29, 1.82) is 0 Å². The number of anilines is 1. The number of aliphatic carboxylic acids is 1. The van der Waals surface area contributed by atoms with E-state index in [2.05, 4.69) is 0 Å². The highest BCUT2D eigenvalue weighted by Gasteiger charge is 1.98. The lowest BCUT2D eigenvalue weighted by Gasteiger charge is -2.05. The van der Waals surface area contributed by atoms with E-state index in [0.717, 1.165) is 22.6 Å². The molecule has 0 atom stereocenters. The molecule has 0 aliphatic rings. The van der Waals surface area contributed by atoms with E-state index in [1.54, 1.807) is 0 Å².